The van der Waals surface area contributed by atoms with E-state index in [1.807, 2.05) is 6.92 Å². The Kier molecular flexibility index (Phi) is 4.19. The molecule has 1 saturated heterocycles. The monoisotopic (exact) mass is 252 g/mol. The number of nitrogens with zero attached hydrogens (tertiary/aromatic N) is 2. The maximum absolute atomic E-state index is 5.95. The molecule has 1 aliphatic rings. The molecule has 0 bridgehead atoms. The normalized spacial score (nSPS) is 23.0. The molecule has 1 fully saturated rings. The van der Waals surface area contributed by atoms with Crippen LogP contribution in [0.5, 0.6) is 5.88 Å². The SMILES string of the molecule is CCOc1ncnc(NCC2CCOC2C)c1N. The van der Waals surface area contributed by atoms with E-state index in [0.717, 1.165) is 19.6 Å². The standard InChI is InChI=1S/C12H20N4O2/c1-3-17-12-10(13)11(15-7-16-12)14-6-9-4-5-18-8(9)2/h7-9H,3-6,13H2,1-2H3,(H,14,15,16). The smallest absolute Gasteiger partial charge is 0.242 e. The topological polar surface area (TPSA) is 82.3 Å². The van der Waals surface area contributed by atoms with Crippen molar-refractivity contribution in [3.8, 4) is 5.88 Å². The Morgan fingerprint density at radius 2 is 2.39 bits per heavy atom. The van der Waals surface area contributed by atoms with Gasteiger partial charge in [0.15, 0.2) is 5.82 Å². The van der Waals surface area contributed by atoms with Crippen LogP contribution in [-0.2, 0) is 4.74 Å². The number of nitrogen functional groups attached to an aromatic ring is 1. The summed E-state index contributed by atoms with van der Waals surface area (Å²) in [7, 11) is 0. The van der Waals surface area contributed by atoms with Gasteiger partial charge in [-0.3, -0.25) is 0 Å². The predicted octanol–water partition coefficient (Wildman–Crippen LogP) is 1.29. The molecule has 0 spiro atoms. The van der Waals surface area contributed by atoms with Crippen LogP contribution in [0.25, 0.3) is 0 Å². The van der Waals surface area contributed by atoms with Gasteiger partial charge in [-0.15, -0.1) is 0 Å². The summed E-state index contributed by atoms with van der Waals surface area (Å²) in [6.45, 7) is 6.15. The quantitative estimate of drug-likeness (QED) is 0.821. The molecular formula is C12H20N4O2. The van der Waals surface area contributed by atoms with Crippen LogP contribution in [0.4, 0.5) is 11.5 Å². The van der Waals surface area contributed by atoms with Crippen LogP contribution >= 0.6 is 0 Å². The Labute approximate surface area is 107 Å². The summed E-state index contributed by atoms with van der Waals surface area (Å²) in [6, 6.07) is 0. The Hall–Kier alpha value is -1.56. The predicted molar refractivity (Wildman–Crippen MR) is 69.6 cm³/mol. The third-order valence-corrected chi connectivity index (χ3v) is 3.19. The first-order chi connectivity index (χ1) is 8.72. The zero-order valence-corrected chi connectivity index (χ0v) is 10.8. The summed E-state index contributed by atoms with van der Waals surface area (Å²) in [5.74, 6) is 1.56. The molecule has 0 saturated carbocycles. The van der Waals surface area contributed by atoms with Gasteiger partial charge in [0.2, 0.25) is 5.88 Å². The number of ether oxygens (including phenoxy) is 2. The number of hydrogen-bond donors (Lipinski definition) is 2. The summed E-state index contributed by atoms with van der Waals surface area (Å²) in [5, 5.41) is 3.25. The van der Waals surface area contributed by atoms with E-state index in [2.05, 4.69) is 22.2 Å². The number of aromatic nitrogens is 2. The molecule has 3 N–H and O–H groups in total. The number of nitrogens with two attached hydrogens (primary N) is 1. The average molecular weight is 252 g/mol. The molecule has 6 heteroatoms. The van der Waals surface area contributed by atoms with Crippen molar-refractivity contribution in [2.45, 2.75) is 26.4 Å². The first-order valence-electron chi connectivity index (χ1n) is 6.31. The largest absolute Gasteiger partial charge is 0.476 e. The minimum absolute atomic E-state index is 0.284. The van der Waals surface area contributed by atoms with E-state index in [0.29, 0.717) is 29.9 Å². The lowest BCUT2D eigenvalue weighted by molar-refractivity contribution is 0.108. The molecule has 1 aliphatic heterocycles. The summed E-state index contributed by atoms with van der Waals surface area (Å²) in [5.41, 5.74) is 6.41. The van der Waals surface area contributed by atoms with Gasteiger partial charge in [0.1, 0.15) is 12.0 Å². The first-order valence-corrected chi connectivity index (χ1v) is 6.31. The molecule has 2 atom stereocenters. The maximum Gasteiger partial charge on any atom is 0.242 e. The van der Waals surface area contributed by atoms with E-state index in [9.17, 15) is 0 Å². The van der Waals surface area contributed by atoms with Crippen LogP contribution in [0.1, 0.15) is 20.3 Å². The molecule has 2 rings (SSSR count). The van der Waals surface area contributed by atoms with Gasteiger partial charge in [0.05, 0.1) is 12.7 Å². The minimum atomic E-state index is 0.284. The van der Waals surface area contributed by atoms with Crippen molar-refractivity contribution in [1.82, 2.24) is 9.97 Å². The van der Waals surface area contributed by atoms with Crippen molar-refractivity contribution in [3.05, 3.63) is 6.33 Å². The van der Waals surface area contributed by atoms with Gasteiger partial charge in [-0.2, -0.15) is 4.98 Å². The second-order valence-corrected chi connectivity index (χ2v) is 4.38. The molecule has 1 aromatic heterocycles. The Morgan fingerprint density at radius 1 is 1.56 bits per heavy atom. The first kappa shape index (κ1) is 12.9. The van der Waals surface area contributed by atoms with Crippen molar-refractivity contribution in [1.29, 1.82) is 0 Å². The molecular weight excluding hydrogens is 232 g/mol. The Bertz CT molecular complexity index is 400. The van der Waals surface area contributed by atoms with Gasteiger partial charge in [-0.1, -0.05) is 0 Å². The van der Waals surface area contributed by atoms with Gasteiger partial charge in [0, 0.05) is 19.1 Å². The fraction of sp³-hybridized carbons (Fsp3) is 0.667. The van der Waals surface area contributed by atoms with E-state index >= 15 is 0 Å². The molecule has 100 valence electrons. The van der Waals surface area contributed by atoms with Crippen LogP contribution in [0.2, 0.25) is 0 Å². The molecule has 0 aromatic carbocycles. The average Bonchev–Trinajstić information content (AvgIpc) is 2.76. The van der Waals surface area contributed by atoms with Crippen molar-refractivity contribution in [2.75, 3.05) is 30.8 Å². The van der Waals surface area contributed by atoms with E-state index in [1.165, 1.54) is 6.33 Å². The fourth-order valence-electron chi connectivity index (χ4n) is 2.04. The highest BCUT2D eigenvalue weighted by Gasteiger charge is 2.24. The van der Waals surface area contributed by atoms with Gasteiger partial charge in [-0.25, -0.2) is 4.98 Å². The summed E-state index contributed by atoms with van der Waals surface area (Å²) < 4.78 is 10.8. The number of anilines is 2. The van der Waals surface area contributed by atoms with E-state index in [-0.39, 0.29) is 6.10 Å². The number of hydrogen-bond acceptors (Lipinski definition) is 6. The summed E-state index contributed by atoms with van der Waals surface area (Å²) >= 11 is 0. The lowest BCUT2D eigenvalue weighted by Gasteiger charge is -2.16. The van der Waals surface area contributed by atoms with Crippen molar-refractivity contribution >= 4 is 11.5 Å². The highest BCUT2D eigenvalue weighted by Crippen LogP contribution is 2.26. The minimum Gasteiger partial charge on any atom is -0.476 e. The van der Waals surface area contributed by atoms with Crippen LogP contribution in [0.15, 0.2) is 6.33 Å². The second kappa shape index (κ2) is 5.86. The van der Waals surface area contributed by atoms with Crippen LogP contribution in [0, 0.1) is 5.92 Å². The van der Waals surface area contributed by atoms with Crippen molar-refractivity contribution < 1.29 is 9.47 Å². The Morgan fingerprint density at radius 3 is 3.06 bits per heavy atom. The molecule has 0 aliphatic carbocycles. The van der Waals surface area contributed by atoms with Crippen molar-refractivity contribution in [2.24, 2.45) is 5.92 Å². The molecule has 0 amide bonds. The molecule has 2 unspecified atom stereocenters. The highest BCUT2D eigenvalue weighted by molar-refractivity contribution is 5.66. The third-order valence-electron chi connectivity index (χ3n) is 3.19. The maximum atomic E-state index is 5.95. The van der Waals surface area contributed by atoms with Crippen LogP contribution in [-0.4, -0.2) is 35.8 Å². The number of rotatable bonds is 5. The van der Waals surface area contributed by atoms with Crippen LogP contribution < -0.4 is 15.8 Å². The fourth-order valence-corrected chi connectivity index (χ4v) is 2.04. The van der Waals surface area contributed by atoms with E-state index in [1.54, 1.807) is 0 Å². The van der Waals surface area contributed by atoms with Crippen LogP contribution in [0.3, 0.4) is 0 Å². The lowest BCUT2D eigenvalue weighted by Crippen LogP contribution is -2.21. The van der Waals surface area contributed by atoms with E-state index in [4.69, 9.17) is 15.2 Å². The summed E-state index contributed by atoms with van der Waals surface area (Å²) in [4.78, 5) is 8.14. The third kappa shape index (κ3) is 2.81. The molecule has 2 heterocycles. The van der Waals surface area contributed by atoms with Gasteiger partial charge < -0.3 is 20.5 Å². The molecule has 18 heavy (non-hydrogen) atoms. The van der Waals surface area contributed by atoms with Crippen molar-refractivity contribution in [3.63, 3.8) is 0 Å². The summed E-state index contributed by atoms with van der Waals surface area (Å²) in [6.07, 6.45) is 2.81. The Balaban J connectivity index is 1.98. The molecule has 1 aromatic rings. The highest BCUT2D eigenvalue weighted by atomic mass is 16.5. The number of nitrogens with one attached hydrogen (secondary N) is 1. The van der Waals surface area contributed by atoms with Gasteiger partial charge >= 0.3 is 0 Å². The molecule has 6 nitrogen and oxygen atoms in total. The van der Waals surface area contributed by atoms with Gasteiger partial charge in [-0.05, 0) is 20.3 Å². The zero-order valence-electron chi connectivity index (χ0n) is 10.8. The second-order valence-electron chi connectivity index (χ2n) is 4.38. The zero-order chi connectivity index (χ0) is 13.0. The lowest BCUT2D eigenvalue weighted by atomic mass is 10.0. The molecule has 0 radical (unpaired) electrons. The van der Waals surface area contributed by atoms with Gasteiger partial charge in [0.25, 0.3) is 0 Å². The van der Waals surface area contributed by atoms with E-state index < -0.39 is 0 Å².